The van der Waals surface area contributed by atoms with Gasteiger partial charge in [0.25, 0.3) is 0 Å². The van der Waals surface area contributed by atoms with Crippen molar-refractivity contribution in [2.45, 2.75) is 0 Å². The average Bonchev–Trinajstić information content (AvgIpc) is 3.18. The predicted octanol–water partition coefficient (Wildman–Crippen LogP) is 9.30. The number of fused-ring (bicyclic) bond motifs is 5. The van der Waals surface area contributed by atoms with Gasteiger partial charge < -0.3 is 0 Å². The van der Waals surface area contributed by atoms with Crippen LogP contribution >= 0.6 is 27.3 Å². The van der Waals surface area contributed by atoms with Crippen LogP contribution in [-0.4, -0.2) is 0 Å². The molecule has 0 aliphatic rings. The van der Waals surface area contributed by atoms with Gasteiger partial charge in [0, 0.05) is 30.0 Å². The van der Waals surface area contributed by atoms with Crippen LogP contribution in [0.1, 0.15) is 0 Å². The SMILES string of the molecule is Brc1cccc(-c2ccc(-c3cc4c5ccccc5sc4c4ccccc34)cc2)c1. The van der Waals surface area contributed by atoms with E-state index in [-0.39, 0.29) is 0 Å². The van der Waals surface area contributed by atoms with Crippen molar-refractivity contribution in [2.75, 3.05) is 0 Å². The highest BCUT2D eigenvalue weighted by Crippen LogP contribution is 2.42. The maximum Gasteiger partial charge on any atom is 0.0434 e. The minimum Gasteiger partial charge on any atom is -0.135 e. The van der Waals surface area contributed by atoms with Gasteiger partial charge in [-0.25, -0.2) is 0 Å². The monoisotopic (exact) mass is 464 g/mol. The van der Waals surface area contributed by atoms with Gasteiger partial charge in [-0.05, 0) is 51.9 Å². The summed E-state index contributed by atoms with van der Waals surface area (Å²) in [5.74, 6) is 0. The summed E-state index contributed by atoms with van der Waals surface area (Å²) in [7, 11) is 0. The van der Waals surface area contributed by atoms with Crippen LogP contribution in [0.5, 0.6) is 0 Å². The predicted molar refractivity (Wildman–Crippen MR) is 135 cm³/mol. The summed E-state index contributed by atoms with van der Waals surface area (Å²) in [6, 6.07) is 37.3. The molecule has 0 atom stereocenters. The Morgan fingerprint density at radius 1 is 0.500 bits per heavy atom. The zero-order valence-electron chi connectivity index (χ0n) is 16.1. The molecule has 5 aromatic carbocycles. The molecule has 0 bridgehead atoms. The largest absolute Gasteiger partial charge is 0.135 e. The van der Waals surface area contributed by atoms with Crippen molar-refractivity contribution >= 4 is 58.2 Å². The fourth-order valence-electron chi connectivity index (χ4n) is 4.30. The van der Waals surface area contributed by atoms with Crippen LogP contribution in [0.4, 0.5) is 0 Å². The molecule has 0 fully saturated rings. The summed E-state index contributed by atoms with van der Waals surface area (Å²) in [4.78, 5) is 0. The second kappa shape index (κ2) is 7.09. The summed E-state index contributed by atoms with van der Waals surface area (Å²) in [5.41, 5.74) is 5.00. The van der Waals surface area contributed by atoms with Crippen LogP contribution in [-0.2, 0) is 0 Å². The molecule has 142 valence electrons. The minimum absolute atomic E-state index is 1.10. The molecule has 0 amide bonds. The Balaban J connectivity index is 1.59. The van der Waals surface area contributed by atoms with E-state index >= 15 is 0 Å². The van der Waals surface area contributed by atoms with Crippen molar-refractivity contribution in [3.8, 4) is 22.3 Å². The van der Waals surface area contributed by atoms with Gasteiger partial charge in [-0.2, -0.15) is 0 Å². The summed E-state index contributed by atoms with van der Waals surface area (Å²) in [6.45, 7) is 0. The molecule has 0 N–H and O–H groups in total. The van der Waals surface area contributed by atoms with Crippen LogP contribution in [0.2, 0.25) is 0 Å². The summed E-state index contributed by atoms with van der Waals surface area (Å²) in [6.07, 6.45) is 0. The number of thiophene rings is 1. The van der Waals surface area contributed by atoms with E-state index in [1.807, 2.05) is 11.3 Å². The molecule has 0 radical (unpaired) electrons. The topological polar surface area (TPSA) is 0 Å². The number of rotatable bonds is 2. The molecule has 0 unspecified atom stereocenters. The van der Waals surface area contributed by atoms with Crippen LogP contribution in [0.15, 0.2) is 108 Å². The molecular weight excluding hydrogens is 448 g/mol. The molecule has 0 saturated carbocycles. The third-order valence-corrected chi connectivity index (χ3v) is 7.45. The molecule has 1 aromatic heterocycles. The van der Waals surface area contributed by atoms with E-state index in [0.29, 0.717) is 0 Å². The van der Waals surface area contributed by atoms with Gasteiger partial charge in [0.2, 0.25) is 0 Å². The molecule has 6 rings (SSSR count). The Labute approximate surface area is 187 Å². The Kier molecular flexibility index (Phi) is 4.22. The average molecular weight is 465 g/mol. The Morgan fingerprint density at radius 3 is 2.00 bits per heavy atom. The highest BCUT2D eigenvalue weighted by atomic mass is 79.9. The van der Waals surface area contributed by atoms with E-state index in [9.17, 15) is 0 Å². The lowest BCUT2D eigenvalue weighted by atomic mass is 9.94. The van der Waals surface area contributed by atoms with Crippen LogP contribution in [0.3, 0.4) is 0 Å². The lowest BCUT2D eigenvalue weighted by Gasteiger charge is -2.10. The third kappa shape index (κ3) is 2.87. The first kappa shape index (κ1) is 17.9. The lowest BCUT2D eigenvalue weighted by Crippen LogP contribution is -1.84. The Morgan fingerprint density at radius 2 is 1.20 bits per heavy atom. The third-order valence-electron chi connectivity index (χ3n) is 5.74. The molecule has 0 saturated heterocycles. The normalized spacial score (nSPS) is 11.5. The van der Waals surface area contributed by atoms with Gasteiger partial charge in [0.15, 0.2) is 0 Å². The van der Waals surface area contributed by atoms with E-state index in [1.165, 1.54) is 53.2 Å². The Hall–Kier alpha value is -2.94. The first-order chi connectivity index (χ1) is 14.8. The molecule has 0 nitrogen and oxygen atoms in total. The first-order valence-electron chi connectivity index (χ1n) is 9.97. The molecular formula is C28H17BrS. The summed E-state index contributed by atoms with van der Waals surface area (Å²) in [5, 5.41) is 5.34. The smallest absolute Gasteiger partial charge is 0.0434 e. The summed E-state index contributed by atoms with van der Waals surface area (Å²) >= 11 is 5.47. The highest BCUT2D eigenvalue weighted by Gasteiger charge is 2.13. The van der Waals surface area contributed by atoms with Gasteiger partial charge in [0.05, 0.1) is 0 Å². The maximum atomic E-state index is 3.58. The van der Waals surface area contributed by atoms with E-state index in [4.69, 9.17) is 0 Å². The van der Waals surface area contributed by atoms with Crippen molar-refractivity contribution in [1.82, 2.24) is 0 Å². The second-order valence-electron chi connectivity index (χ2n) is 7.53. The van der Waals surface area contributed by atoms with E-state index in [1.54, 1.807) is 0 Å². The van der Waals surface area contributed by atoms with Gasteiger partial charge in [-0.1, -0.05) is 94.8 Å². The second-order valence-corrected chi connectivity index (χ2v) is 9.50. The number of halogens is 1. The van der Waals surface area contributed by atoms with Crippen LogP contribution in [0.25, 0.3) is 53.2 Å². The molecule has 6 aromatic rings. The van der Waals surface area contributed by atoms with E-state index in [2.05, 4.69) is 119 Å². The molecule has 30 heavy (non-hydrogen) atoms. The fraction of sp³-hybridized carbons (Fsp3) is 0. The van der Waals surface area contributed by atoms with E-state index in [0.717, 1.165) is 4.47 Å². The van der Waals surface area contributed by atoms with Crippen LogP contribution < -0.4 is 0 Å². The van der Waals surface area contributed by atoms with Crippen LogP contribution in [0, 0.1) is 0 Å². The maximum absolute atomic E-state index is 3.58. The number of benzene rings is 5. The van der Waals surface area contributed by atoms with Crippen molar-refractivity contribution in [1.29, 1.82) is 0 Å². The fourth-order valence-corrected chi connectivity index (χ4v) is 5.92. The summed E-state index contributed by atoms with van der Waals surface area (Å²) < 4.78 is 3.82. The Bertz CT molecular complexity index is 1540. The van der Waals surface area contributed by atoms with Gasteiger partial charge in [-0.15, -0.1) is 11.3 Å². The molecule has 0 spiro atoms. The molecule has 2 heteroatoms. The molecule has 1 heterocycles. The molecule has 0 aliphatic heterocycles. The number of hydrogen-bond donors (Lipinski definition) is 0. The van der Waals surface area contributed by atoms with Gasteiger partial charge in [-0.3, -0.25) is 0 Å². The standard InChI is InChI=1S/C28H17BrS/c29-21-7-5-6-20(16-21)18-12-14-19(15-13-18)25-17-26-23-9-3-4-11-27(23)30-28(26)24-10-2-1-8-22(24)25/h1-17H. The van der Waals surface area contributed by atoms with Gasteiger partial charge >= 0.3 is 0 Å². The van der Waals surface area contributed by atoms with E-state index < -0.39 is 0 Å². The lowest BCUT2D eigenvalue weighted by molar-refractivity contribution is 1.59. The molecule has 0 aliphatic carbocycles. The highest BCUT2D eigenvalue weighted by molar-refractivity contribution is 9.10. The van der Waals surface area contributed by atoms with Gasteiger partial charge in [0.1, 0.15) is 0 Å². The quantitative estimate of drug-likeness (QED) is 0.239. The first-order valence-corrected chi connectivity index (χ1v) is 11.6. The van der Waals surface area contributed by atoms with Crippen molar-refractivity contribution in [2.24, 2.45) is 0 Å². The zero-order chi connectivity index (χ0) is 20.1. The van der Waals surface area contributed by atoms with Crippen molar-refractivity contribution < 1.29 is 0 Å². The zero-order valence-corrected chi connectivity index (χ0v) is 18.5. The number of hydrogen-bond acceptors (Lipinski definition) is 1. The van der Waals surface area contributed by atoms with Crippen molar-refractivity contribution in [3.05, 3.63) is 108 Å². The van der Waals surface area contributed by atoms with Crippen molar-refractivity contribution in [3.63, 3.8) is 0 Å². The minimum atomic E-state index is 1.10.